The van der Waals surface area contributed by atoms with E-state index in [4.69, 9.17) is 0 Å². The number of hydrogen-bond acceptors (Lipinski definition) is 1. The van der Waals surface area contributed by atoms with E-state index < -0.39 is 0 Å². The maximum atomic E-state index is 3.48. The molecule has 0 atom stereocenters. The minimum atomic E-state index is 0.979. The van der Waals surface area contributed by atoms with E-state index in [0.717, 1.165) is 19.5 Å². The SMILES string of the molecule is CCNCc1ccc(Br)cc1CC. The lowest BCUT2D eigenvalue weighted by atomic mass is 10.1. The van der Waals surface area contributed by atoms with Crippen molar-refractivity contribution in [3.63, 3.8) is 0 Å². The van der Waals surface area contributed by atoms with E-state index >= 15 is 0 Å². The molecule has 0 amide bonds. The minimum Gasteiger partial charge on any atom is -0.313 e. The summed E-state index contributed by atoms with van der Waals surface area (Å²) >= 11 is 3.48. The Bertz CT molecular complexity index is 271. The molecule has 0 aliphatic heterocycles. The van der Waals surface area contributed by atoms with Gasteiger partial charge in [0.05, 0.1) is 0 Å². The van der Waals surface area contributed by atoms with Crippen molar-refractivity contribution >= 4 is 15.9 Å². The van der Waals surface area contributed by atoms with Crippen LogP contribution in [0.3, 0.4) is 0 Å². The Kier molecular flexibility index (Phi) is 4.46. The second kappa shape index (κ2) is 5.40. The Balaban J connectivity index is 2.79. The number of aryl methyl sites for hydroxylation is 1. The normalized spacial score (nSPS) is 10.4. The zero-order valence-corrected chi connectivity index (χ0v) is 9.82. The van der Waals surface area contributed by atoms with E-state index in [1.54, 1.807) is 0 Å². The fourth-order valence-electron chi connectivity index (χ4n) is 1.36. The lowest BCUT2D eigenvalue weighted by Crippen LogP contribution is -2.13. The van der Waals surface area contributed by atoms with Crippen LogP contribution in [0.2, 0.25) is 0 Å². The summed E-state index contributed by atoms with van der Waals surface area (Å²) in [7, 11) is 0. The molecule has 0 aliphatic rings. The second-order valence-corrected chi connectivity index (χ2v) is 3.96. The average molecular weight is 242 g/mol. The third-order valence-corrected chi connectivity index (χ3v) is 2.61. The van der Waals surface area contributed by atoms with Crippen molar-refractivity contribution in [2.45, 2.75) is 26.8 Å². The average Bonchev–Trinajstić information content (AvgIpc) is 2.16. The highest BCUT2D eigenvalue weighted by atomic mass is 79.9. The van der Waals surface area contributed by atoms with E-state index in [2.05, 4.69) is 53.3 Å². The molecule has 2 heteroatoms. The van der Waals surface area contributed by atoms with Crippen LogP contribution >= 0.6 is 15.9 Å². The predicted molar refractivity (Wildman–Crippen MR) is 60.9 cm³/mol. The van der Waals surface area contributed by atoms with Crippen LogP contribution in [-0.4, -0.2) is 6.54 Å². The Morgan fingerprint density at radius 1 is 1.23 bits per heavy atom. The molecule has 0 aliphatic carbocycles. The lowest BCUT2D eigenvalue weighted by Gasteiger charge is -2.08. The molecular formula is C11H16BrN. The predicted octanol–water partition coefficient (Wildman–Crippen LogP) is 3.12. The summed E-state index contributed by atoms with van der Waals surface area (Å²) in [6, 6.07) is 6.49. The fourth-order valence-corrected chi connectivity index (χ4v) is 1.76. The third kappa shape index (κ3) is 3.12. The van der Waals surface area contributed by atoms with Gasteiger partial charge in [0.2, 0.25) is 0 Å². The van der Waals surface area contributed by atoms with Crippen molar-refractivity contribution in [3.8, 4) is 0 Å². The Labute approximate surface area is 88.7 Å². The molecule has 0 spiro atoms. The highest BCUT2D eigenvalue weighted by Crippen LogP contribution is 2.17. The molecule has 0 heterocycles. The van der Waals surface area contributed by atoms with E-state index in [0.29, 0.717) is 0 Å². The topological polar surface area (TPSA) is 12.0 Å². The van der Waals surface area contributed by atoms with Crippen LogP contribution in [-0.2, 0) is 13.0 Å². The fraction of sp³-hybridized carbons (Fsp3) is 0.455. The molecule has 72 valence electrons. The zero-order valence-electron chi connectivity index (χ0n) is 8.23. The van der Waals surface area contributed by atoms with Crippen molar-refractivity contribution in [3.05, 3.63) is 33.8 Å². The maximum Gasteiger partial charge on any atom is 0.0208 e. The number of benzene rings is 1. The molecule has 1 rings (SSSR count). The molecule has 13 heavy (non-hydrogen) atoms. The summed E-state index contributed by atoms with van der Waals surface area (Å²) in [6.45, 7) is 6.33. The summed E-state index contributed by atoms with van der Waals surface area (Å²) in [5.41, 5.74) is 2.84. The zero-order chi connectivity index (χ0) is 9.68. The summed E-state index contributed by atoms with van der Waals surface area (Å²) in [6.07, 6.45) is 1.10. The molecular weight excluding hydrogens is 226 g/mol. The van der Waals surface area contributed by atoms with Gasteiger partial charge in [0.25, 0.3) is 0 Å². The third-order valence-electron chi connectivity index (χ3n) is 2.11. The summed E-state index contributed by atoms with van der Waals surface area (Å²) < 4.78 is 1.17. The Morgan fingerprint density at radius 3 is 2.62 bits per heavy atom. The van der Waals surface area contributed by atoms with Crippen LogP contribution in [0.5, 0.6) is 0 Å². The van der Waals surface area contributed by atoms with Crippen LogP contribution in [0.1, 0.15) is 25.0 Å². The highest BCUT2D eigenvalue weighted by Gasteiger charge is 2.00. The lowest BCUT2D eigenvalue weighted by molar-refractivity contribution is 0.720. The highest BCUT2D eigenvalue weighted by molar-refractivity contribution is 9.10. The van der Waals surface area contributed by atoms with Gasteiger partial charge in [0, 0.05) is 11.0 Å². The number of hydrogen-bond donors (Lipinski definition) is 1. The smallest absolute Gasteiger partial charge is 0.0208 e. The largest absolute Gasteiger partial charge is 0.313 e. The van der Waals surface area contributed by atoms with Crippen molar-refractivity contribution in [1.82, 2.24) is 5.32 Å². The Morgan fingerprint density at radius 2 is 2.00 bits per heavy atom. The van der Waals surface area contributed by atoms with E-state index in [-0.39, 0.29) is 0 Å². The molecule has 1 N–H and O–H groups in total. The van der Waals surface area contributed by atoms with E-state index in [9.17, 15) is 0 Å². The van der Waals surface area contributed by atoms with Crippen molar-refractivity contribution in [1.29, 1.82) is 0 Å². The van der Waals surface area contributed by atoms with Crippen molar-refractivity contribution in [2.24, 2.45) is 0 Å². The molecule has 1 aromatic rings. The molecule has 0 unspecified atom stereocenters. The van der Waals surface area contributed by atoms with Crippen LogP contribution in [0.25, 0.3) is 0 Å². The number of rotatable bonds is 4. The van der Waals surface area contributed by atoms with Crippen molar-refractivity contribution in [2.75, 3.05) is 6.54 Å². The van der Waals surface area contributed by atoms with Gasteiger partial charge in [-0.1, -0.05) is 35.8 Å². The minimum absolute atomic E-state index is 0.979. The molecule has 0 bridgehead atoms. The molecule has 0 saturated heterocycles. The molecule has 0 radical (unpaired) electrons. The van der Waals surface area contributed by atoms with Gasteiger partial charge in [0.15, 0.2) is 0 Å². The van der Waals surface area contributed by atoms with Crippen LogP contribution < -0.4 is 5.32 Å². The molecule has 0 aromatic heterocycles. The first-order valence-corrected chi connectivity index (χ1v) is 5.55. The van der Waals surface area contributed by atoms with Gasteiger partial charge in [-0.25, -0.2) is 0 Å². The summed E-state index contributed by atoms with van der Waals surface area (Å²) in [5, 5.41) is 3.34. The van der Waals surface area contributed by atoms with E-state index in [1.807, 2.05) is 0 Å². The van der Waals surface area contributed by atoms with Crippen molar-refractivity contribution < 1.29 is 0 Å². The summed E-state index contributed by atoms with van der Waals surface area (Å²) in [4.78, 5) is 0. The van der Waals surface area contributed by atoms with E-state index in [1.165, 1.54) is 15.6 Å². The van der Waals surface area contributed by atoms with Gasteiger partial charge in [0.1, 0.15) is 0 Å². The molecule has 1 nitrogen and oxygen atoms in total. The first-order valence-electron chi connectivity index (χ1n) is 4.76. The van der Waals surface area contributed by atoms with Gasteiger partial charge in [-0.2, -0.15) is 0 Å². The molecule has 0 fully saturated rings. The number of halogens is 1. The van der Waals surface area contributed by atoms with Gasteiger partial charge < -0.3 is 5.32 Å². The second-order valence-electron chi connectivity index (χ2n) is 3.05. The first kappa shape index (κ1) is 10.7. The van der Waals surface area contributed by atoms with Crippen LogP contribution in [0.15, 0.2) is 22.7 Å². The van der Waals surface area contributed by atoms with Gasteiger partial charge in [-0.15, -0.1) is 0 Å². The van der Waals surface area contributed by atoms with Crippen LogP contribution in [0, 0.1) is 0 Å². The van der Waals surface area contributed by atoms with Gasteiger partial charge in [-0.3, -0.25) is 0 Å². The van der Waals surface area contributed by atoms with Crippen LogP contribution in [0.4, 0.5) is 0 Å². The Hall–Kier alpha value is -0.340. The maximum absolute atomic E-state index is 3.48. The quantitative estimate of drug-likeness (QED) is 0.855. The molecule has 1 aromatic carbocycles. The number of nitrogens with one attached hydrogen (secondary N) is 1. The monoisotopic (exact) mass is 241 g/mol. The summed E-state index contributed by atoms with van der Waals surface area (Å²) in [5.74, 6) is 0. The van der Waals surface area contributed by atoms with Gasteiger partial charge in [-0.05, 0) is 36.2 Å². The standard InChI is InChI=1S/C11H16BrN/c1-3-9-7-11(12)6-5-10(9)8-13-4-2/h5-7,13H,3-4,8H2,1-2H3. The van der Waals surface area contributed by atoms with Gasteiger partial charge >= 0.3 is 0 Å². The molecule has 0 saturated carbocycles. The first-order chi connectivity index (χ1) is 6.27.